The average molecular weight is 390 g/mol. The van der Waals surface area contributed by atoms with Gasteiger partial charge in [-0.2, -0.15) is 9.98 Å². The van der Waals surface area contributed by atoms with Gasteiger partial charge >= 0.3 is 5.97 Å². The van der Waals surface area contributed by atoms with E-state index in [0.29, 0.717) is 16.9 Å². The fourth-order valence-electron chi connectivity index (χ4n) is 2.19. The summed E-state index contributed by atoms with van der Waals surface area (Å²) < 4.78 is 42.0. The normalized spacial score (nSPS) is 10.7. The zero-order valence-electron chi connectivity index (χ0n) is 14.8. The minimum atomic E-state index is -3.95. The number of benzene rings is 2. The van der Waals surface area contributed by atoms with Crippen LogP contribution in [0.25, 0.3) is 0 Å². The van der Waals surface area contributed by atoms with E-state index in [0.717, 1.165) is 0 Å². The zero-order valence-corrected chi connectivity index (χ0v) is 15.6. The molecule has 8 nitrogen and oxygen atoms in total. The average Bonchev–Trinajstić information content (AvgIpc) is 2.70. The van der Waals surface area contributed by atoms with Gasteiger partial charge in [0.1, 0.15) is 13.2 Å². The number of nitriles is 1. The predicted octanol–water partition coefficient (Wildman–Crippen LogP) is 1.60. The third-order valence-corrected chi connectivity index (χ3v) is 5.00. The Balaban J connectivity index is 1.98. The lowest BCUT2D eigenvalue weighted by Gasteiger charge is -2.11. The standard InChI is InChI=1S/C18H18N2O6S/c1-24-16-8-7-15(9-17(16)25-2)27(22,23)20-11-18(21)26-12-14-6-4-3-5-13(14)10-19/h3-9,20H,11-12H2,1-2H3. The van der Waals surface area contributed by atoms with Crippen LogP contribution < -0.4 is 14.2 Å². The minimum Gasteiger partial charge on any atom is -0.493 e. The van der Waals surface area contributed by atoms with Crippen LogP contribution >= 0.6 is 0 Å². The number of nitrogens with zero attached hydrogens (tertiary/aromatic N) is 1. The maximum atomic E-state index is 12.3. The van der Waals surface area contributed by atoms with E-state index >= 15 is 0 Å². The van der Waals surface area contributed by atoms with Gasteiger partial charge in [-0.15, -0.1) is 0 Å². The molecule has 0 saturated carbocycles. The molecule has 0 spiro atoms. The lowest BCUT2D eigenvalue weighted by atomic mass is 10.1. The topological polar surface area (TPSA) is 115 Å². The Bertz CT molecular complexity index is 966. The summed E-state index contributed by atoms with van der Waals surface area (Å²) >= 11 is 0. The maximum absolute atomic E-state index is 12.3. The number of sulfonamides is 1. The van der Waals surface area contributed by atoms with Crippen LogP contribution in [0, 0.1) is 11.3 Å². The Kier molecular flexibility index (Phi) is 6.76. The number of methoxy groups -OCH3 is 2. The Labute approximate surface area is 157 Å². The van der Waals surface area contributed by atoms with Crippen molar-refractivity contribution < 1.29 is 27.4 Å². The molecule has 0 fully saturated rings. The van der Waals surface area contributed by atoms with Gasteiger partial charge in [0.2, 0.25) is 10.0 Å². The number of nitrogens with one attached hydrogen (secondary N) is 1. The monoisotopic (exact) mass is 390 g/mol. The van der Waals surface area contributed by atoms with Gasteiger partial charge < -0.3 is 14.2 Å². The van der Waals surface area contributed by atoms with E-state index in [2.05, 4.69) is 4.72 Å². The predicted molar refractivity (Wildman–Crippen MR) is 95.7 cm³/mol. The summed E-state index contributed by atoms with van der Waals surface area (Å²) in [5.41, 5.74) is 0.923. The molecule has 2 aromatic carbocycles. The van der Waals surface area contributed by atoms with Crippen molar-refractivity contribution in [1.82, 2.24) is 4.72 Å². The Morgan fingerprint density at radius 1 is 1.11 bits per heavy atom. The number of carbonyl (C=O) groups is 1. The van der Waals surface area contributed by atoms with Crippen molar-refractivity contribution >= 4 is 16.0 Å². The van der Waals surface area contributed by atoms with Gasteiger partial charge in [0.15, 0.2) is 11.5 Å². The van der Waals surface area contributed by atoms with Crippen molar-refractivity contribution in [3.8, 4) is 17.6 Å². The number of hydrogen-bond donors (Lipinski definition) is 1. The van der Waals surface area contributed by atoms with Crippen LogP contribution in [0.1, 0.15) is 11.1 Å². The van der Waals surface area contributed by atoms with E-state index in [4.69, 9.17) is 19.5 Å². The molecule has 0 aliphatic heterocycles. The lowest BCUT2D eigenvalue weighted by Crippen LogP contribution is -2.30. The summed E-state index contributed by atoms with van der Waals surface area (Å²) in [6, 6.07) is 12.7. The molecule has 0 aliphatic carbocycles. The number of ether oxygens (including phenoxy) is 3. The Morgan fingerprint density at radius 3 is 2.48 bits per heavy atom. The van der Waals surface area contributed by atoms with E-state index in [1.54, 1.807) is 24.3 Å². The van der Waals surface area contributed by atoms with Crippen LogP contribution in [0.5, 0.6) is 11.5 Å². The highest BCUT2D eigenvalue weighted by Crippen LogP contribution is 2.29. The summed E-state index contributed by atoms with van der Waals surface area (Å²) in [6.07, 6.45) is 0. The van der Waals surface area contributed by atoms with Crippen LogP contribution in [0.3, 0.4) is 0 Å². The van der Waals surface area contributed by atoms with Crippen molar-refractivity contribution in [3.63, 3.8) is 0 Å². The van der Waals surface area contributed by atoms with Crippen LogP contribution in [0.2, 0.25) is 0 Å². The SMILES string of the molecule is COc1ccc(S(=O)(=O)NCC(=O)OCc2ccccc2C#N)cc1OC. The zero-order chi connectivity index (χ0) is 19.9. The first-order valence-corrected chi connectivity index (χ1v) is 9.25. The molecule has 0 aromatic heterocycles. The van der Waals surface area contributed by atoms with Crippen LogP contribution in [-0.2, 0) is 26.2 Å². The molecule has 0 aliphatic rings. The first-order chi connectivity index (χ1) is 12.9. The second kappa shape index (κ2) is 9.02. The highest BCUT2D eigenvalue weighted by molar-refractivity contribution is 7.89. The fourth-order valence-corrected chi connectivity index (χ4v) is 3.17. The fraction of sp³-hybridized carbons (Fsp3) is 0.222. The Hall–Kier alpha value is -3.09. The second-order valence-electron chi connectivity index (χ2n) is 5.27. The van der Waals surface area contributed by atoms with Crippen molar-refractivity contribution in [2.45, 2.75) is 11.5 Å². The summed E-state index contributed by atoms with van der Waals surface area (Å²) in [6.45, 7) is -0.675. The molecule has 0 atom stereocenters. The molecule has 142 valence electrons. The molecular formula is C18H18N2O6S. The molecule has 9 heteroatoms. The molecule has 1 N–H and O–H groups in total. The molecule has 0 radical (unpaired) electrons. The number of hydrogen-bond acceptors (Lipinski definition) is 7. The van der Waals surface area contributed by atoms with Gasteiger partial charge in [-0.05, 0) is 18.2 Å². The molecule has 0 amide bonds. The van der Waals surface area contributed by atoms with Gasteiger partial charge in [-0.3, -0.25) is 4.79 Å². The molecule has 0 bridgehead atoms. The first-order valence-electron chi connectivity index (χ1n) is 7.76. The third-order valence-electron chi connectivity index (χ3n) is 3.60. The van der Waals surface area contributed by atoms with Crippen molar-refractivity contribution in [3.05, 3.63) is 53.6 Å². The highest BCUT2D eigenvalue weighted by atomic mass is 32.2. The summed E-state index contributed by atoms with van der Waals surface area (Å²) in [5.74, 6) is -0.144. The minimum absolute atomic E-state index is 0.0808. The van der Waals surface area contributed by atoms with E-state index in [1.807, 2.05) is 6.07 Å². The van der Waals surface area contributed by atoms with Crippen LogP contribution in [-0.4, -0.2) is 35.2 Å². The molecule has 27 heavy (non-hydrogen) atoms. The third kappa shape index (κ3) is 5.20. The number of rotatable bonds is 8. The van der Waals surface area contributed by atoms with Crippen LogP contribution in [0.15, 0.2) is 47.4 Å². The van der Waals surface area contributed by atoms with Gasteiger partial charge in [0.25, 0.3) is 0 Å². The smallest absolute Gasteiger partial charge is 0.321 e. The Morgan fingerprint density at radius 2 is 1.81 bits per heavy atom. The molecule has 2 aromatic rings. The van der Waals surface area contributed by atoms with E-state index < -0.39 is 22.5 Å². The van der Waals surface area contributed by atoms with E-state index in [1.165, 1.54) is 32.4 Å². The van der Waals surface area contributed by atoms with Gasteiger partial charge in [-0.25, -0.2) is 8.42 Å². The van der Waals surface area contributed by atoms with E-state index in [-0.39, 0.29) is 17.3 Å². The highest BCUT2D eigenvalue weighted by Gasteiger charge is 2.18. The molecule has 0 heterocycles. The van der Waals surface area contributed by atoms with E-state index in [9.17, 15) is 13.2 Å². The lowest BCUT2D eigenvalue weighted by molar-refractivity contribution is -0.143. The summed E-state index contributed by atoms with van der Waals surface area (Å²) in [5, 5.41) is 9.00. The number of esters is 1. The van der Waals surface area contributed by atoms with Gasteiger partial charge in [0, 0.05) is 11.6 Å². The van der Waals surface area contributed by atoms with Crippen molar-refractivity contribution in [2.75, 3.05) is 20.8 Å². The van der Waals surface area contributed by atoms with Gasteiger partial charge in [0.05, 0.1) is 30.7 Å². The van der Waals surface area contributed by atoms with Crippen molar-refractivity contribution in [2.24, 2.45) is 0 Å². The molecule has 2 rings (SSSR count). The quantitative estimate of drug-likeness (QED) is 0.681. The molecule has 0 unspecified atom stereocenters. The summed E-state index contributed by atoms with van der Waals surface area (Å²) in [7, 11) is -1.13. The first kappa shape index (κ1) is 20.2. The van der Waals surface area contributed by atoms with Gasteiger partial charge in [-0.1, -0.05) is 18.2 Å². The summed E-state index contributed by atoms with van der Waals surface area (Å²) in [4.78, 5) is 11.8. The van der Waals surface area contributed by atoms with Crippen LogP contribution in [0.4, 0.5) is 0 Å². The molecular weight excluding hydrogens is 372 g/mol. The second-order valence-corrected chi connectivity index (χ2v) is 7.04. The molecule has 0 saturated heterocycles. The number of carbonyl (C=O) groups excluding carboxylic acids is 1. The maximum Gasteiger partial charge on any atom is 0.321 e. The van der Waals surface area contributed by atoms with Crippen molar-refractivity contribution in [1.29, 1.82) is 5.26 Å². The largest absolute Gasteiger partial charge is 0.493 e.